The Kier molecular flexibility index (Phi) is 1.90. The fourth-order valence-corrected chi connectivity index (χ4v) is 1.91. The summed E-state index contributed by atoms with van der Waals surface area (Å²) in [6, 6.07) is 14.3. The number of nitrogens with zero attached hydrogens (tertiary/aromatic N) is 1. The molecule has 3 nitrogen and oxygen atoms in total. The molecule has 0 aliphatic rings. The summed E-state index contributed by atoms with van der Waals surface area (Å²) >= 11 is 0. The number of hydrogen-bond acceptors (Lipinski definition) is 3. The minimum Gasteiger partial charge on any atom is -0.380 e. The van der Waals surface area contributed by atoms with Gasteiger partial charge in [0.25, 0.3) is 0 Å². The molecule has 2 aromatic carbocycles. The second-order valence-corrected chi connectivity index (χ2v) is 3.64. The Labute approximate surface area is 92.5 Å². The maximum Gasteiger partial charge on any atom is 0.174 e. The standard InChI is InChI=1S/C13H10N2O/c14-13-12(8-16-15-13)11-7-3-5-9-4-1-2-6-10(9)11/h1-8H,(H2,14,15). The van der Waals surface area contributed by atoms with E-state index in [1.54, 1.807) is 6.26 Å². The Balaban J connectivity index is 2.36. The topological polar surface area (TPSA) is 52.0 Å². The SMILES string of the molecule is Nc1nocc1-c1cccc2ccccc12. The highest BCUT2D eigenvalue weighted by atomic mass is 16.5. The van der Waals surface area contributed by atoms with Crippen molar-refractivity contribution in [3.8, 4) is 11.1 Å². The smallest absolute Gasteiger partial charge is 0.174 e. The third-order valence-corrected chi connectivity index (χ3v) is 2.68. The zero-order valence-corrected chi connectivity index (χ0v) is 8.55. The fraction of sp³-hybridized carbons (Fsp3) is 0. The lowest BCUT2D eigenvalue weighted by atomic mass is 10.0. The molecular weight excluding hydrogens is 200 g/mol. The van der Waals surface area contributed by atoms with E-state index in [9.17, 15) is 0 Å². The minimum atomic E-state index is 0.427. The first-order chi connectivity index (χ1) is 7.86. The van der Waals surface area contributed by atoms with Crippen molar-refractivity contribution in [1.82, 2.24) is 5.16 Å². The Morgan fingerprint density at radius 3 is 2.56 bits per heavy atom. The molecule has 0 saturated heterocycles. The minimum absolute atomic E-state index is 0.427. The lowest BCUT2D eigenvalue weighted by molar-refractivity contribution is 0.423. The molecule has 3 aromatic rings. The molecule has 0 aliphatic heterocycles. The number of anilines is 1. The maximum absolute atomic E-state index is 5.76. The van der Waals surface area contributed by atoms with E-state index in [1.165, 1.54) is 5.39 Å². The molecule has 3 rings (SSSR count). The van der Waals surface area contributed by atoms with E-state index in [-0.39, 0.29) is 0 Å². The molecule has 0 amide bonds. The molecule has 0 aliphatic carbocycles. The Morgan fingerprint density at radius 2 is 1.75 bits per heavy atom. The Hall–Kier alpha value is -2.29. The molecule has 1 aromatic heterocycles. The molecule has 0 spiro atoms. The van der Waals surface area contributed by atoms with Crippen LogP contribution in [0.15, 0.2) is 53.3 Å². The van der Waals surface area contributed by atoms with Crippen LogP contribution in [0.4, 0.5) is 5.82 Å². The number of rotatable bonds is 1. The average Bonchev–Trinajstić information content (AvgIpc) is 2.75. The Morgan fingerprint density at radius 1 is 0.938 bits per heavy atom. The maximum atomic E-state index is 5.76. The molecule has 0 fully saturated rings. The van der Waals surface area contributed by atoms with Crippen LogP contribution < -0.4 is 5.73 Å². The van der Waals surface area contributed by atoms with Crippen molar-refractivity contribution in [1.29, 1.82) is 0 Å². The monoisotopic (exact) mass is 210 g/mol. The lowest BCUT2D eigenvalue weighted by Crippen LogP contribution is -1.88. The molecule has 3 heteroatoms. The molecule has 0 bridgehead atoms. The summed E-state index contributed by atoms with van der Waals surface area (Å²) in [6.07, 6.45) is 1.58. The van der Waals surface area contributed by atoms with Crippen molar-refractivity contribution < 1.29 is 4.52 Å². The Bertz CT molecular complexity index is 638. The van der Waals surface area contributed by atoms with E-state index in [4.69, 9.17) is 10.3 Å². The van der Waals surface area contributed by atoms with Crippen LogP contribution in [0, 0.1) is 0 Å². The predicted molar refractivity (Wildman–Crippen MR) is 63.9 cm³/mol. The molecular formula is C13H10N2O. The molecule has 1 heterocycles. The van der Waals surface area contributed by atoms with E-state index >= 15 is 0 Å². The van der Waals surface area contributed by atoms with Gasteiger partial charge in [-0.1, -0.05) is 47.6 Å². The molecule has 0 unspecified atom stereocenters. The van der Waals surface area contributed by atoms with E-state index in [1.807, 2.05) is 24.3 Å². The van der Waals surface area contributed by atoms with Gasteiger partial charge in [0.05, 0.1) is 5.56 Å². The van der Waals surface area contributed by atoms with Gasteiger partial charge in [-0.2, -0.15) is 0 Å². The normalized spacial score (nSPS) is 10.8. The van der Waals surface area contributed by atoms with Gasteiger partial charge in [-0.25, -0.2) is 0 Å². The quantitative estimate of drug-likeness (QED) is 0.671. The zero-order valence-electron chi connectivity index (χ0n) is 8.55. The first-order valence-corrected chi connectivity index (χ1v) is 5.04. The highest BCUT2D eigenvalue weighted by molar-refractivity contribution is 5.98. The van der Waals surface area contributed by atoms with Gasteiger partial charge < -0.3 is 10.3 Å². The number of benzene rings is 2. The van der Waals surface area contributed by atoms with E-state index < -0.39 is 0 Å². The summed E-state index contributed by atoms with van der Waals surface area (Å²) in [6.45, 7) is 0. The average molecular weight is 210 g/mol. The van der Waals surface area contributed by atoms with Crippen molar-refractivity contribution in [2.24, 2.45) is 0 Å². The summed E-state index contributed by atoms with van der Waals surface area (Å²) in [5, 5.41) is 6.04. The van der Waals surface area contributed by atoms with Crippen LogP contribution in [-0.4, -0.2) is 5.16 Å². The molecule has 0 atom stereocenters. The summed E-state index contributed by atoms with van der Waals surface area (Å²) in [7, 11) is 0. The van der Waals surface area contributed by atoms with Gasteiger partial charge in [0, 0.05) is 0 Å². The largest absolute Gasteiger partial charge is 0.380 e. The van der Waals surface area contributed by atoms with Gasteiger partial charge in [-0.3, -0.25) is 0 Å². The van der Waals surface area contributed by atoms with E-state index in [2.05, 4.69) is 23.4 Å². The van der Waals surface area contributed by atoms with Crippen LogP contribution in [0.3, 0.4) is 0 Å². The van der Waals surface area contributed by atoms with Gasteiger partial charge in [-0.15, -0.1) is 0 Å². The van der Waals surface area contributed by atoms with Gasteiger partial charge in [0.15, 0.2) is 5.82 Å². The first-order valence-electron chi connectivity index (χ1n) is 5.04. The molecule has 78 valence electrons. The summed E-state index contributed by atoms with van der Waals surface area (Å²) in [4.78, 5) is 0. The van der Waals surface area contributed by atoms with Crippen molar-refractivity contribution in [2.45, 2.75) is 0 Å². The second-order valence-electron chi connectivity index (χ2n) is 3.64. The molecule has 2 N–H and O–H groups in total. The van der Waals surface area contributed by atoms with Crippen LogP contribution in [0.1, 0.15) is 0 Å². The van der Waals surface area contributed by atoms with Crippen LogP contribution in [0.5, 0.6) is 0 Å². The van der Waals surface area contributed by atoms with Crippen molar-refractivity contribution in [3.63, 3.8) is 0 Å². The third-order valence-electron chi connectivity index (χ3n) is 2.68. The van der Waals surface area contributed by atoms with Crippen molar-refractivity contribution in [2.75, 3.05) is 5.73 Å². The number of nitrogens with two attached hydrogens (primary N) is 1. The number of hydrogen-bond donors (Lipinski definition) is 1. The van der Waals surface area contributed by atoms with Crippen LogP contribution >= 0.6 is 0 Å². The molecule has 0 saturated carbocycles. The van der Waals surface area contributed by atoms with Gasteiger partial charge in [0.2, 0.25) is 0 Å². The zero-order chi connectivity index (χ0) is 11.0. The van der Waals surface area contributed by atoms with Crippen molar-refractivity contribution in [3.05, 3.63) is 48.7 Å². The number of nitrogen functional groups attached to an aromatic ring is 1. The predicted octanol–water partition coefficient (Wildman–Crippen LogP) is 3.08. The lowest BCUT2D eigenvalue weighted by Gasteiger charge is -2.03. The third kappa shape index (κ3) is 1.26. The number of aromatic nitrogens is 1. The van der Waals surface area contributed by atoms with Crippen LogP contribution in [0.2, 0.25) is 0 Å². The first kappa shape index (κ1) is 8.97. The molecule has 16 heavy (non-hydrogen) atoms. The van der Waals surface area contributed by atoms with E-state index in [0.29, 0.717) is 5.82 Å². The van der Waals surface area contributed by atoms with Gasteiger partial charge in [-0.05, 0) is 16.3 Å². The summed E-state index contributed by atoms with van der Waals surface area (Å²) in [5.74, 6) is 0.427. The van der Waals surface area contributed by atoms with Crippen LogP contribution in [-0.2, 0) is 0 Å². The van der Waals surface area contributed by atoms with Crippen LogP contribution in [0.25, 0.3) is 21.9 Å². The highest BCUT2D eigenvalue weighted by Gasteiger charge is 2.09. The van der Waals surface area contributed by atoms with Gasteiger partial charge in [0.1, 0.15) is 6.26 Å². The van der Waals surface area contributed by atoms with Gasteiger partial charge >= 0.3 is 0 Å². The molecule has 0 radical (unpaired) electrons. The van der Waals surface area contributed by atoms with Crippen molar-refractivity contribution >= 4 is 16.6 Å². The van der Waals surface area contributed by atoms with E-state index in [0.717, 1.165) is 16.5 Å². The summed E-state index contributed by atoms with van der Waals surface area (Å²) in [5.41, 5.74) is 7.66. The highest BCUT2D eigenvalue weighted by Crippen LogP contribution is 2.31. The number of fused-ring (bicyclic) bond motifs is 1. The second kappa shape index (κ2) is 3.38. The fourth-order valence-electron chi connectivity index (χ4n) is 1.91. The summed E-state index contributed by atoms with van der Waals surface area (Å²) < 4.78 is 4.87.